The molecule has 2 heterocycles. The molecule has 2 amide bonds. The Bertz CT molecular complexity index is 1170. The van der Waals surface area contributed by atoms with Gasteiger partial charge in [-0.25, -0.2) is 4.90 Å². The van der Waals surface area contributed by atoms with Crippen molar-refractivity contribution in [2.24, 2.45) is 0 Å². The normalized spacial score (nSPS) is 14.4. The number of imide groups is 1. The van der Waals surface area contributed by atoms with Crippen LogP contribution in [0.5, 0.6) is 5.75 Å². The lowest BCUT2D eigenvalue weighted by Crippen LogP contribution is -2.31. The Labute approximate surface area is 185 Å². The molecule has 0 atom stereocenters. The first-order valence-electron chi connectivity index (χ1n) is 9.39. The van der Waals surface area contributed by atoms with Crippen molar-refractivity contribution >= 4 is 34.8 Å². The fourth-order valence-electron chi connectivity index (χ4n) is 3.23. The van der Waals surface area contributed by atoms with Gasteiger partial charge in [0.25, 0.3) is 11.8 Å². The second-order valence-electron chi connectivity index (χ2n) is 6.79. The molecule has 0 N–H and O–H groups in total. The maximum absolute atomic E-state index is 13.3. The molecule has 5 nitrogen and oxygen atoms in total. The van der Waals surface area contributed by atoms with Gasteiger partial charge in [-0.2, -0.15) is 13.2 Å². The Balaban J connectivity index is 1.71. The minimum atomic E-state index is -4.52. The van der Waals surface area contributed by atoms with Crippen molar-refractivity contribution in [3.05, 3.63) is 88.7 Å². The number of ether oxygens (including phenoxy) is 1. The van der Waals surface area contributed by atoms with Crippen LogP contribution in [0, 0.1) is 0 Å². The number of thioether (sulfide) groups is 1. The van der Waals surface area contributed by atoms with Crippen molar-refractivity contribution in [2.75, 3.05) is 12.0 Å². The number of halogens is 3. The summed E-state index contributed by atoms with van der Waals surface area (Å²) in [4.78, 5) is 27.6. The van der Waals surface area contributed by atoms with Crippen LogP contribution in [0.15, 0.2) is 76.2 Å². The van der Waals surface area contributed by atoms with Gasteiger partial charge in [0.05, 0.1) is 40.9 Å². The van der Waals surface area contributed by atoms with Crippen LogP contribution in [-0.4, -0.2) is 18.9 Å². The quantitative estimate of drug-likeness (QED) is 0.454. The molecule has 0 spiro atoms. The zero-order chi connectivity index (χ0) is 22.9. The Morgan fingerprint density at radius 3 is 2.22 bits per heavy atom. The highest BCUT2D eigenvalue weighted by molar-refractivity contribution is 8.03. The monoisotopic (exact) mass is 459 g/mol. The summed E-state index contributed by atoms with van der Waals surface area (Å²) < 4.78 is 49.2. The third-order valence-electron chi connectivity index (χ3n) is 4.81. The van der Waals surface area contributed by atoms with Crippen LogP contribution in [0.1, 0.15) is 16.9 Å². The van der Waals surface area contributed by atoms with Crippen molar-refractivity contribution < 1.29 is 31.9 Å². The van der Waals surface area contributed by atoms with Crippen LogP contribution < -0.4 is 9.64 Å². The van der Waals surface area contributed by atoms with E-state index in [9.17, 15) is 22.8 Å². The highest BCUT2D eigenvalue weighted by Gasteiger charge is 2.40. The number of rotatable bonds is 6. The maximum Gasteiger partial charge on any atom is 0.416 e. The SMILES string of the molecule is COc1ccc(C2=C(SCc3ccco3)C(=O)N(c3ccc(C(F)(F)F)cc3)C2=O)cc1. The molecule has 0 saturated heterocycles. The maximum atomic E-state index is 13.3. The number of alkyl halides is 3. The largest absolute Gasteiger partial charge is 0.497 e. The smallest absolute Gasteiger partial charge is 0.416 e. The Hall–Kier alpha value is -3.46. The van der Waals surface area contributed by atoms with Gasteiger partial charge in [-0.3, -0.25) is 9.59 Å². The van der Waals surface area contributed by atoms with E-state index in [-0.39, 0.29) is 16.2 Å². The number of benzene rings is 2. The third-order valence-corrected chi connectivity index (χ3v) is 5.91. The lowest BCUT2D eigenvalue weighted by molar-refractivity contribution is -0.137. The van der Waals surface area contributed by atoms with E-state index in [4.69, 9.17) is 9.15 Å². The molecule has 0 saturated carbocycles. The summed E-state index contributed by atoms with van der Waals surface area (Å²) in [7, 11) is 1.51. The fourth-order valence-corrected chi connectivity index (χ4v) is 4.24. The first kappa shape index (κ1) is 21.8. The average molecular weight is 459 g/mol. The van der Waals surface area contributed by atoms with Crippen LogP contribution >= 0.6 is 11.8 Å². The van der Waals surface area contributed by atoms with Crippen molar-refractivity contribution in [3.63, 3.8) is 0 Å². The van der Waals surface area contributed by atoms with Crippen LogP contribution in [0.3, 0.4) is 0 Å². The number of nitrogens with zero attached hydrogens (tertiary/aromatic N) is 1. The molecular weight excluding hydrogens is 443 g/mol. The Kier molecular flexibility index (Phi) is 5.84. The third kappa shape index (κ3) is 4.16. The Morgan fingerprint density at radius 1 is 0.969 bits per heavy atom. The van der Waals surface area contributed by atoms with Crippen molar-refractivity contribution in [1.82, 2.24) is 0 Å². The van der Waals surface area contributed by atoms with Gasteiger partial charge in [-0.15, -0.1) is 11.8 Å². The van der Waals surface area contributed by atoms with E-state index in [2.05, 4.69) is 0 Å². The molecule has 0 bridgehead atoms. The second kappa shape index (κ2) is 8.58. The predicted octanol–water partition coefficient (Wildman–Crippen LogP) is 5.52. The number of hydrogen-bond acceptors (Lipinski definition) is 5. The van der Waals surface area contributed by atoms with Crippen LogP contribution in [-0.2, 0) is 21.5 Å². The van der Waals surface area contributed by atoms with E-state index in [0.29, 0.717) is 22.8 Å². The molecule has 0 radical (unpaired) electrons. The molecular formula is C23H16F3NO4S. The molecule has 0 unspecified atom stereocenters. The molecule has 4 rings (SSSR count). The minimum Gasteiger partial charge on any atom is -0.497 e. The number of furan rings is 1. The van der Waals surface area contributed by atoms with Gasteiger partial charge in [0.2, 0.25) is 0 Å². The standard InChI is InChI=1S/C23H16F3NO4S/c1-30-17-10-4-14(5-11-17)19-20(32-13-18-3-2-12-31-18)22(29)27(21(19)28)16-8-6-15(7-9-16)23(24,25)26/h2-12H,13H2,1H3. The number of methoxy groups -OCH3 is 1. The van der Waals surface area contributed by atoms with Crippen molar-refractivity contribution in [3.8, 4) is 5.75 Å². The Morgan fingerprint density at radius 2 is 1.66 bits per heavy atom. The number of anilines is 1. The number of hydrogen-bond donors (Lipinski definition) is 0. The van der Waals surface area contributed by atoms with Crippen LogP contribution in [0.4, 0.5) is 18.9 Å². The average Bonchev–Trinajstić information content (AvgIpc) is 3.38. The van der Waals surface area contributed by atoms with E-state index in [1.165, 1.54) is 13.4 Å². The molecule has 32 heavy (non-hydrogen) atoms. The van der Waals surface area contributed by atoms with Gasteiger partial charge < -0.3 is 9.15 Å². The summed E-state index contributed by atoms with van der Waals surface area (Å²) in [6.45, 7) is 0. The molecule has 0 fully saturated rings. The zero-order valence-corrected chi connectivity index (χ0v) is 17.5. The van der Waals surface area contributed by atoms with E-state index >= 15 is 0 Å². The van der Waals surface area contributed by atoms with Gasteiger partial charge in [-0.05, 0) is 54.1 Å². The van der Waals surface area contributed by atoms with Gasteiger partial charge in [0.15, 0.2) is 0 Å². The summed E-state index contributed by atoms with van der Waals surface area (Å²) in [6.07, 6.45) is -3.01. The number of carbonyl (C=O) groups excluding carboxylic acids is 2. The lowest BCUT2D eigenvalue weighted by atomic mass is 10.1. The molecule has 1 aliphatic rings. The first-order chi connectivity index (χ1) is 15.3. The fraction of sp³-hybridized carbons (Fsp3) is 0.130. The summed E-state index contributed by atoms with van der Waals surface area (Å²) >= 11 is 1.13. The summed E-state index contributed by atoms with van der Waals surface area (Å²) in [5.41, 5.74) is -0.127. The molecule has 2 aromatic carbocycles. The van der Waals surface area contributed by atoms with E-state index in [1.54, 1.807) is 36.4 Å². The summed E-state index contributed by atoms with van der Waals surface area (Å²) in [6, 6.07) is 14.0. The zero-order valence-electron chi connectivity index (χ0n) is 16.7. The second-order valence-corrected chi connectivity index (χ2v) is 7.78. The molecule has 1 aromatic heterocycles. The van der Waals surface area contributed by atoms with E-state index in [1.807, 2.05) is 0 Å². The minimum absolute atomic E-state index is 0.0626. The molecule has 1 aliphatic heterocycles. The summed E-state index contributed by atoms with van der Waals surface area (Å²) in [5, 5.41) is 0. The van der Waals surface area contributed by atoms with Gasteiger partial charge >= 0.3 is 6.18 Å². The highest BCUT2D eigenvalue weighted by atomic mass is 32.2. The van der Waals surface area contributed by atoms with Crippen molar-refractivity contribution in [1.29, 1.82) is 0 Å². The highest BCUT2D eigenvalue weighted by Crippen LogP contribution is 2.40. The molecule has 164 valence electrons. The van der Waals surface area contributed by atoms with E-state index in [0.717, 1.165) is 40.9 Å². The molecule has 0 aliphatic carbocycles. The molecule has 3 aromatic rings. The van der Waals surface area contributed by atoms with E-state index < -0.39 is 23.6 Å². The summed E-state index contributed by atoms with van der Waals surface area (Å²) in [5.74, 6) is 0.293. The van der Waals surface area contributed by atoms with Gasteiger partial charge in [0, 0.05) is 0 Å². The molecule has 9 heteroatoms. The number of amides is 2. The van der Waals surface area contributed by atoms with Gasteiger partial charge in [-0.1, -0.05) is 12.1 Å². The predicted molar refractivity (Wildman–Crippen MR) is 114 cm³/mol. The van der Waals surface area contributed by atoms with Crippen LogP contribution in [0.2, 0.25) is 0 Å². The van der Waals surface area contributed by atoms with Crippen molar-refractivity contribution in [2.45, 2.75) is 11.9 Å². The lowest BCUT2D eigenvalue weighted by Gasteiger charge is -2.16. The van der Waals surface area contributed by atoms with Gasteiger partial charge in [0.1, 0.15) is 11.5 Å². The first-order valence-corrected chi connectivity index (χ1v) is 10.4. The number of carbonyl (C=O) groups is 2. The topological polar surface area (TPSA) is 59.8 Å². The van der Waals surface area contributed by atoms with Crippen LogP contribution in [0.25, 0.3) is 5.57 Å².